The fraction of sp³-hybridized carbons (Fsp3) is 0.409. The molecular formula is C22H28N4O6S. The maximum Gasteiger partial charge on any atom is 0.273 e. The number of sulfonamides is 1. The Kier molecular flexibility index (Phi) is 7.80. The second kappa shape index (κ2) is 10.4. The van der Waals surface area contributed by atoms with Crippen LogP contribution in [-0.2, 0) is 26.1 Å². The molecule has 178 valence electrons. The number of ether oxygens (including phenoxy) is 1. The quantitative estimate of drug-likeness (QED) is 0.459. The largest absolute Gasteiger partial charge is 0.373 e. The van der Waals surface area contributed by atoms with E-state index in [-0.39, 0.29) is 54.9 Å². The molecule has 1 heterocycles. The summed E-state index contributed by atoms with van der Waals surface area (Å²) in [5, 5.41) is 13.9. The van der Waals surface area contributed by atoms with Crippen molar-refractivity contribution in [1.29, 1.82) is 0 Å². The van der Waals surface area contributed by atoms with Gasteiger partial charge in [-0.15, -0.1) is 0 Å². The van der Waals surface area contributed by atoms with Gasteiger partial charge in [-0.25, -0.2) is 8.42 Å². The van der Waals surface area contributed by atoms with Crippen molar-refractivity contribution >= 4 is 27.3 Å². The molecule has 0 saturated carbocycles. The van der Waals surface area contributed by atoms with Gasteiger partial charge in [0.2, 0.25) is 15.9 Å². The molecule has 3 rings (SSSR count). The van der Waals surface area contributed by atoms with E-state index in [1.54, 1.807) is 42.3 Å². The molecule has 0 spiro atoms. The fourth-order valence-electron chi connectivity index (χ4n) is 3.80. The van der Waals surface area contributed by atoms with Crippen LogP contribution in [0.25, 0.3) is 0 Å². The molecule has 0 bridgehead atoms. The summed E-state index contributed by atoms with van der Waals surface area (Å²) in [6, 6.07) is 12.4. The first-order valence-electron chi connectivity index (χ1n) is 10.5. The number of hydrogen-bond acceptors (Lipinski definition) is 7. The van der Waals surface area contributed by atoms with E-state index in [4.69, 9.17) is 4.74 Å². The molecular weight excluding hydrogens is 448 g/mol. The van der Waals surface area contributed by atoms with Crippen LogP contribution in [0.3, 0.4) is 0 Å². The molecule has 2 atom stereocenters. The number of rotatable bonds is 8. The lowest BCUT2D eigenvalue weighted by Gasteiger charge is -2.34. The molecule has 10 nitrogen and oxygen atoms in total. The standard InChI is InChI=1S/C22H28N4O6S/c1-16-12-25(13-17(2)32-16)33(30,31)20-10-8-19(9-11-20)23-22(27)15-24(3)14-18-6-4-5-7-21(18)26(28)29/h4-11,16-17H,12-15H2,1-3H3,(H,23,27)/t16-,17-/m0/s1. The number of carbonyl (C=O) groups excluding carboxylic acids is 1. The zero-order valence-corrected chi connectivity index (χ0v) is 19.6. The van der Waals surface area contributed by atoms with Crippen LogP contribution in [0.15, 0.2) is 53.4 Å². The number of anilines is 1. The Balaban J connectivity index is 1.59. The highest BCUT2D eigenvalue weighted by Gasteiger charge is 2.32. The van der Waals surface area contributed by atoms with Gasteiger partial charge in [-0.2, -0.15) is 4.31 Å². The Labute approximate surface area is 193 Å². The van der Waals surface area contributed by atoms with E-state index in [1.165, 1.54) is 22.5 Å². The average Bonchev–Trinajstić information content (AvgIpc) is 2.73. The molecule has 2 aromatic carbocycles. The number of nitrogens with zero attached hydrogens (tertiary/aromatic N) is 3. The van der Waals surface area contributed by atoms with Crippen molar-refractivity contribution < 1.29 is 22.9 Å². The predicted molar refractivity (Wildman–Crippen MR) is 123 cm³/mol. The van der Waals surface area contributed by atoms with Gasteiger partial charge in [-0.3, -0.25) is 19.8 Å². The van der Waals surface area contributed by atoms with Gasteiger partial charge in [0.05, 0.1) is 28.6 Å². The third kappa shape index (κ3) is 6.35. The molecule has 1 saturated heterocycles. The van der Waals surface area contributed by atoms with Crippen molar-refractivity contribution in [3.63, 3.8) is 0 Å². The average molecular weight is 477 g/mol. The van der Waals surface area contributed by atoms with E-state index in [9.17, 15) is 23.3 Å². The Morgan fingerprint density at radius 2 is 1.76 bits per heavy atom. The van der Waals surface area contributed by atoms with E-state index >= 15 is 0 Å². The SMILES string of the molecule is C[C@H]1CN(S(=O)(=O)c2ccc(NC(=O)CN(C)Cc3ccccc3[N+](=O)[O-])cc2)C[C@H](C)O1. The molecule has 0 aliphatic carbocycles. The minimum absolute atomic E-state index is 0.00520. The first-order valence-corrected chi connectivity index (χ1v) is 12.0. The van der Waals surface area contributed by atoms with Crippen molar-refractivity contribution in [1.82, 2.24) is 9.21 Å². The number of hydrogen-bond donors (Lipinski definition) is 1. The van der Waals surface area contributed by atoms with Gasteiger partial charge in [0.25, 0.3) is 5.69 Å². The van der Waals surface area contributed by atoms with Crippen LogP contribution in [0.5, 0.6) is 0 Å². The Morgan fingerprint density at radius 1 is 1.15 bits per heavy atom. The van der Waals surface area contributed by atoms with E-state index in [1.807, 2.05) is 13.8 Å². The van der Waals surface area contributed by atoms with E-state index < -0.39 is 14.9 Å². The third-order valence-corrected chi connectivity index (χ3v) is 7.05. The molecule has 1 N–H and O–H groups in total. The van der Waals surface area contributed by atoms with Crippen LogP contribution >= 0.6 is 0 Å². The van der Waals surface area contributed by atoms with Crippen LogP contribution in [0.1, 0.15) is 19.4 Å². The first kappa shape index (κ1) is 24.8. The number of nitrogens with one attached hydrogen (secondary N) is 1. The molecule has 1 amide bonds. The predicted octanol–water partition coefficient (Wildman–Crippen LogP) is 2.46. The summed E-state index contributed by atoms with van der Waals surface area (Å²) in [5.41, 5.74) is 0.978. The van der Waals surface area contributed by atoms with Gasteiger partial charge in [0, 0.05) is 37.0 Å². The molecule has 0 aromatic heterocycles. The van der Waals surface area contributed by atoms with Crippen molar-refractivity contribution in [2.75, 3.05) is 32.0 Å². The second-order valence-electron chi connectivity index (χ2n) is 8.21. The van der Waals surface area contributed by atoms with Gasteiger partial charge < -0.3 is 10.1 Å². The number of nitro benzene ring substituents is 1. The Morgan fingerprint density at radius 3 is 2.36 bits per heavy atom. The number of benzene rings is 2. The molecule has 1 fully saturated rings. The van der Waals surface area contributed by atoms with Gasteiger partial charge in [0.1, 0.15) is 0 Å². The molecule has 11 heteroatoms. The summed E-state index contributed by atoms with van der Waals surface area (Å²) < 4.78 is 32.9. The summed E-state index contributed by atoms with van der Waals surface area (Å²) in [7, 11) is -1.97. The van der Waals surface area contributed by atoms with Crippen molar-refractivity contribution in [3.8, 4) is 0 Å². The summed E-state index contributed by atoms with van der Waals surface area (Å²) in [5.74, 6) is -0.317. The summed E-state index contributed by atoms with van der Waals surface area (Å²) in [6.45, 7) is 4.50. The lowest BCUT2D eigenvalue weighted by Crippen LogP contribution is -2.48. The summed E-state index contributed by atoms with van der Waals surface area (Å²) in [4.78, 5) is 24.9. The first-order chi connectivity index (χ1) is 15.6. The van der Waals surface area contributed by atoms with Gasteiger partial charge >= 0.3 is 0 Å². The zero-order valence-electron chi connectivity index (χ0n) is 18.8. The molecule has 1 aliphatic heterocycles. The number of morpholine rings is 1. The molecule has 1 aliphatic rings. The second-order valence-corrected chi connectivity index (χ2v) is 10.1. The smallest absolute Gasteiger partial charge is 0.273 e. The monoisotopic (exact) mass is 476 g/mol. The molecule has 0 radical (unpaired) electrons. The summed E-state index contributed by atoms with van der Waals surface area (Å²) >= 11 is 0. The topological polar surface area (TPSA) is 122 Å². The minimum Gasteiger partial charge on any atom is -0.373 e. The van der Waals surface area contributed by atoms with E-state index in [0.29, 0.717) is 11.3 Å². The highest BCUT2D eigenvalue weighted by Crippen LogP contribution is 2.23. The van der Waals surface area contributed by atoms with E-state index in [2.05, 4.69) is 5.32 Å². The van der Waals surface area contributed by atoms with Crippen LogP contribution in [-0.4, -0.2) is 67.3 Å². The van der Waals surface area contributed by atoms with Gasteiger partial charge in [-0.1, -0.05) is 18.2 Å². The minimum atomic E-state index is -3.66. The molecule has 2 aromatic rings. The van der Waals surface area contributed by atoms with Gasteiger partial charge in [-0.05, 0) is 45.2 Å². The normalized spacial score (nSPS) is 19.4. The highest BCUT2D eigenvalue weighted by atomic mass is 32.2. The lowest BCUT2D eigenvalue weighted by atomic mass is 10.1. The number of para-hydroxylation sites is 1. The van der Waals surface area contributed by atoms with Crippen LogP contribution in [0.4, 0.5) is 11.4 Å². The van der Waals surface area contributed by atoms with Crippen LogP contribution in [0, 0.1) is 10.1 Å². The number of nitro groups is 1. The number of amides is 1. The highest BCUT2D eigenvalue weighted by molar-refractivity contribution is 7.89. The van der Waals surface area contributed by atoms with Crippen LogP contribution in [0.2, 0.25) is 0 Å². The third-order valence-electron chi connectivity index (χ3n) is 5.20. The fourth-order valence-corrected chi connectivity index (χ4v) is 5.39. The van der Waals surface area contributed by atoms with Crippen LogP contribution < -0.4 is 5.32 Å². The van der Waals surface area contributed by atoms with Crippen molar-refractivity contribution in [3.05, 3.63) is 64.2 Å². The van der Waals surface area contributed by atoms with Crippen molar-refractivity contribution in [2.45, 2.75) is 37.5 Å². The maximum absolute atomic E-state index is 12.9. The molecule has 0 unspecified atom stereocenters. The number of carbonyl (C=O) groups is 1. The van der Waals surface area contributed by atoms with Gasteiger partial charge in [0.15, 0.2) is 0 Å². The van der Waals surface area contributed by atoms with E-state index in [0.717, 1.165) is 0 Å². The van der Waals surface area contributed by atoms with Crippen molar-refractivity contribution in [2.24, 2.45) is 0 Å². The zero-order chi connectivity index (χ0) is 24.2. The molecule has 33 heavy (non-hydrogen) atoms. The number of likely N-dealkylation sites (N-methyl/N-ethyl adjacent to an activating group) is 1. The Bertz CT molecular complexity index is 1100. The lowest BCUT2D eigenvalue weighted by molar-refractivity contribution is -0.385. The Hall–Kier alpha value is -2.86. The maximum atomic E-state index is 12.9. The summed E-state index contributed by atoms with van der Waals surface area (Å²) in [6.07, 6.45) is -0.368.